The Bertz CT molecular complexity index is 304. The molecule has 1 N–H and O–H groups in total. The zero-order valence-electron chi connectivity index (χ0n) is 10.6. The topological polar surface area (TPSA) is 46.2 Å². The van der Waals surface area contributed by atoms with E-state index < -0.39 is 5.25 Å². The molecule has 0 saturated carbocycles. The number of unbranched alkanes of at least 4 members (excludes halogenated alkanes) is 4. The molecule has 0 aliphatic heterocycles. The first-order chi connectivity index (χ1) is 8.07. The molecule has 0 fully saturated rings. The molecule has 0 saturated heterocycles. The van der Waals surface area contributed by atoms with Crippen molar-refractivity contribution >= 4 is 24.3 Å². The second kappa shape index (κ2) is 10.2. The molecule has 17 heavy (non-hydrogen) atoms. The Morgan fingerprint density at radius 3 is 2.59 bits per heavy atom. The van der Waals surface area contributed by atoms with Crippen molar-refractivity contribution < 1.29 is 9.59 Å². The second-order valence-corrected chi connectivity index (χ2v) is 4.55. The number of thiol groups is 1. The first-order valence-electron chi connectivity index (χ1n) is 6.03. The summed E-state index contributed by atoms with van der Waals surface area (Å²) in [6.45, 7) is 3.80. The molecule has 0 bridgehead atoms. The highest BCUT2D eigenvalue weighted by molar-refractivity contribution is 7.81. The minimum atomic E-state index is -0.526. The van der Waals surface area contributed by atoms with Crippen LogP contribution in [0.5, 0.6) is 0 Å². The summed E-state index contributed by atoms with van der Waals surface area (Å²) in [5.74, 6) is 5.03. The van der Waals surface area contributed by atoms with Gasteiger partial charge in [-0.1, -0.05) is 32.1 Å². The van der Waals surface area contributed by atoms with Crippen molar-refractivity contribution in [3.05, 3.63) is 0 Å². The number of hydrogen-bond acceptors (Lipinski definition) is 3. The lowest BCUT2D eigenvalue weighted by molar-refractivity contribution is -0.119. The van der Waals surface area contributed by atoms with Gasteiger partial charge < -0.3 is 5.32 Å². The van der Waals surface area contributed by atoms with Gasteiger partial charge in [0.1, 0.15) is 0 Å². The van der Waals surface area contributed by atoms with E-state index in [0.717, 1.165) is 19.3 Å². The minimum Gasteiger partial charge on any atom is -0.355 e. The van der Waals surface area contributed by atoms with E-state index in [0.29, 0.717) is 0 Å². The summed E-state index contributed by atoms with van der Waals surface area (Å²) >= 11 is 4.09. The van der Waals surface area contributed by atoms with Gasteiger partial charge in [-0.05, 0) is 12.3 Å². The number of Topliss-reactive ketones (excluding diaryl/α,β-unsaturated/α-hetero) is 1. The third kappa shape index (κ3) is 9.95. The lowest BCUT2D eigenvalue weighted by Crippen LogP contribution is -2.31. The van der Waals surface area contributed by atoms with Crippen molar-refractivity contribution in [2.75, 3.05) is 6.54 Å². The van der Waals surface area contributed by atoms with Crippen LogP contribution in [0.3, 0.4) is 0 Å². The minimum absolute atomic E-state index is 0.163. The van der Waals surface area contributed by atoms with Gasteiger partial charge >= 0.3 is 0 Å². The zero-order valence-corrected chi connectivity index (χ0v) is 11.5. The van der Waals surface area contributed by atoms with Gasteiger partial charge in [0.25, 0.3) is 0 Å². The summed E-state index contributed by atoms with van der Waals surface area (Å²) in [5, 5.41) is 2.01. The van der Waals surface area contributed by atoms with Gasteiger partial charge in [-0.2, -0.15) is 12.6 Å². The van der Waals surface area contributed by atoms with E-state index in [1.807, 2.05) is 0 Å². The lowest BCUT2D eigenvalue weighted by atomic mass is 10.1. The monoisotopic (exact) mass is 255 g/mol. The van der Waals surface area contributed by atoms with E-state index >= 15 is 0 Å². The van der Waals surface area contributed by atoms with Gasteiger partial charge in [-0.15, -0.1) is 0 Å². The van der Waals surface area contributed by atoms with Crippen LogP contribution in [0, 0.1) is 11.8 Å². The molecule has 0 radical (unpaired) electrons. The van der Waals surface area contributed by atoms with Crippen molar-refractivity contribution in [1.82, 2.24) is 5.32 Å². The van der Waals surface area contributed by atoms with Crippen LogP contribution in [0.2, 0.25) is 0 Å². The predicted octanol–water partition coefficient (Wildman–Crippen LogP) is 1.96. The highest BCUT2D eigenvalue weighted by Crippen LogP contribution is 2.01. The molecule has 0 rings (SSSR count). The summed E-state index contributed by atoms with van der Waals surface area (Å²) in [7, 11) is 0. The summed E-state index contributed by atoms with van der Waals surface area (Å²) in [5.41, 5.74) is 0. The van der Waals surface area contributed by atoms with Gasteiger partial charge in [-0.3, -0.25) is 9.59 Å². The second-order valence-electron chi connectivity index (χ2n) is 3.93. The van der Waals surface area contributed by atoms with Crippen LogP contribution in [0.1, 0.15) is 46.0 Å². The van der Waals surface area contributed by atoms with E-state index in [4.69, 9.17) is 0 Å². The van der Waals surface area contributed by atoms with E-state index in [1.54, 1.807) is 0 Å². The van der Waals surface area contributed by atoms with Crippen LogP contribution in [0.15, 0.2) is 0 Å². The Labute approximate surface area is 109 Å². The highest BCUT2D eigenvalue weighted by Gasteiger charge is 2.11. The van der Waals surface area contributed by atoms with Crippen LogP contribution in [-0.4, -0.2) is 23.5 Å². The molecule has 1 atom stereocenters. The maximum atomic E-state index is 11.4. The Morgan fingerprint density at radius 2 is 2.00 bits per heavy atom. The quantitative estimate of drug-likeness (QED) is 0.316. The molecular weight excluding hydrogens is 234 g/mol. The molecular formula is C13H21NO2S. The molecule has 1 unspecified atom stereocenters. The van der Waals surface area contributed by atoms with Gasteiger partial charge in [0.05, 0.1) is 5.25 Å². The first-order valence-corrected chi connectivity index (χ1v) is 6.54. The largest absolute Gasteiger partial charge is 0.355 e. The predicted molar refractivity (Wildman–Crippen MR) is 73.0 cm³/mol. The number of carbonyl (C=O) groups excluding carboxylic acids is 2. The number of ketones is 1. The van der Waals surface area contributed by atoms with Gasteiger partial charge in [0, 0.05) is 19.9 Å². The molecule has 96 valence electrons. The normalized spacial score (nSPS) is 11.2. The maximum Gasteiger partial charge on any atom is 0.219 e. The molecule has 0 aliphatic carbocycles. The lowest BCUT2D eigenvalue weighted by Gasteiger charge is -2.05. The van der Waals surface area contributed by atoms with Crippen LogP contribution in [0.25, 0.3) is 0 Å². The van der Waals surface area contributed by atoms with Crippen LogP contribution in [-0.2, 0) is 9.59 Å². The van der Waals surface area contributed by atoms with Crippen molar-refractivity contribution in [2.45, 2.75) is 51.2 Å². The number of nitrogens with one attached hydrogen (secondary N) is 1. The zero-order chi connectivity index (χ0) is 13.1. The Hall–Kier alpha value is -0.950. The Morgan fingerprint density at radius 1 is 1.29 bits per heavy atom. The number of amides is 1. The van der Waals surface area contributed by atoms with E-state index in [2.05, 4.69) is 36.7 Å². The average Bonchev–Trinajstić information content (AvgIpc) is 2.30. The van der Waals surface area contributed by atoms with E-state index in [1.165, 1.54) is 19.8 Å². The maximum absolute atomic E-state index is 11.4. The molecule has 0 aromatic heterocycles. The molecule has 3 nitrogen and oxygen atoms in total. The van der Waals surface area contributed by atoms with Crippen molar-refractivity contribution in [2.24, 2.45) is 0 Å². The van der Waals surface area contributed by atoms with Crippen molar-refractivity contribution in [1.29, 1.82) is 0 Å². The van der Waals surface area contributed by atoms with E-state index in [9.17, 15) is 9.59 Å². The third-order valence-electron chi connectivity index (χ3n) is 2.21. The molecule has 0 aromatic carbocycles. The van der Waals surface area contributed by atoms with Gasteiger partial charge in [0.15, 0.2) is 0 Å². The molecule has 0 spiro atoms. The summed E-state index contributed by atoms with van der Waals surface area (Å²) in [6, 6.07) is 0. The Balaban J connectivity index is 3.75. The summed E-state index contributed by atoms with van der Waals surface area (Å²) in [6.07, 6.45) is 5.37. The van der Waals surface area contributed by atoms with Crippen molar-refractivity contribution in [3.63, 3.8) is 0 Å². The Kier molecular flexibility index (Phi) is 9.65. The fourth-order valence-electron chi connectivity index (χ4n) is 1.21. The summed E-state index contributed by atoms with van der Waals surface area (Å²) < 4.78 is 0. The fraction of sp³-hybridized carbons (Fsp3) is 0.692. The van der Waals surface area contributed by atoms with Gasteiger partial charge in [0.2, 0.25) is 11.7 Å². The number of hydrogen-bond donors (Lipinski definition) is 2. The van der Waals surface area contributed by atoms with Gasteiger partial charge in [-0.25, -0.2) is 0 Å². The van der Waals surface area contributed by atoms with Crippen LogP contribution < -0.4 is 5.32 Å². The SMILES string of the molecule is CCCCCCC#CC(=O)C(S)CNC(C)=O. The van der Waals surface area contributed by atoms with Crippen LogP contribution >= 0.6 is 12.6 Å². The average molecular weight is 255 g/mol. The fourth-order valence-corrected chi connectivity index (χ4v) is 1.36. The third-order valence-corrected chi connectivity index (χ3v) is 2.63. The molecule has 0 aliphatic rings. The number of carbonyl (C=O) groups is 2. The number of rotatable bonds is 7. The van der Waals surface area contributed by atoms with Crippen LogP contribution in [0.4, 0.5) is 0 Å². The molecule has 0 aromatic rings. The summed E-state index contributed by atoms with van der Waals surface area (Å²) in [4.78, 5) is 22.1. The standard InChI is InChI=1S/C13H21NO2S/c1-3-4-5-6-7-8-9-12(16)13(17)10-14-11(2)15/h13,17H,3-7,10H2,1-2H3,(H,14,15). The molecule has 0 heterocycles. The first kappa shape index (κ1) is 16.1. The molecule has 4 heteroatoms. The van der Waals surface area contributed by atoms with Crippen molar-refractivity contribution in [3.8, 4) is 11.8 Å². The van der Waals surface area contributed by atoms with E-state index in [-0.39, 0.29) is 18.2 Å². The smallest absolute Gasteiger partial charge is 0.219 e. The molecule has 1 amide bonds. The highest BCUT2D eigenvalue weighted by atomic mass is 32.1.